The van der Waals surface area contributed by atoms with E-state index in [1.807, 2.05) is 60.4 Å². The Labute approximate surface area is 165 Å². The summed E-state index contributed by atoms with van der Waals surface area (Å²) in [4.78, 5) is 8.94. The van der Waals surface area contributed by atoms with Crippen molar-refractivity contribution in [2.75, 3.05) is 26.2 Å². The Morgan fingerprint density at radius 2 is 1.86 bits per heavy atom. The number of pyridine rings is 1. The molecule has 3 aromatic rings. The average Bonchev–Trinajstić information content (AvgIpc) is 3.11. The van der Waals surface area contributed by atoms with Crippen molar-refractivity contribution in [1.82, 2.24) is 24.6 Å². The maximum Gasteiger partial charge on any atom is 0.123 e. The molecule has 2 aromatic heterocycles. The first kappa shape index (κ1) is 18.4. The summed E-state index contributed by atoms with van der Waals surface area (Å²) in [7, 11) is 1.96. The second-order valence-electron chi connectivity index (χ2n) is 7.17. The normalized spacial score (nSPS) is 16.6. The van der Waals surface area contributed by atoms with Gasteiger partial charge >= 0.3 is 0 Å². The van der Waals surface area contributed by atoms with Crippen molar-refractivity contribution in [3.8, 4) is 17.3 Å². The van der Waals surface area contributed by atoms with Crippen LogP contribution < -0.4 is 0 Å². The number of aromatic nitrogens is 3. The predicted molar refractivity (Wildman–Crippen MR) is 108 cm³/mol. The van der Waals surface area contributed by atoms with Gasteiger partial charge in [-0.3, -0.25) is 19.5 Å². The predicted octanol–water partition coefficient (Wildman–Crippen LogP) is 2.86. The van der Waals surface area contributed by atoms with Crippen LogP contribution in [-0.2, 0) is 13.6 Å². The average molecular weight is 372 g/mol. The van der Waals surface area contributed by atoms with Crippen LogP contribution in [0.4, 0.5) is 0 Å². The van der Waals surface area contributed by atoms with Crippen molar-refractivity contribution in [3.05, 3.63) is 72.2 Å². The third kappa shape index (κ3) is 3.96. The molecule has 0 spiro atoms. The van der Waals surface area contributed by atoms with Gasteiger partial charge in [0, 0.05) is 69.5 Å². The van der Waals surface area contributed by atoms with Gasteiger partial charge in [0.05, 0.1) is 11.8 Å². The first-order chi connectivity index (χ1) is 13.7. The van der Waals surface area contributed by atoms with Gasteiger partial charge < -0.3 is 0 Å². The largest absolute Gasteiger partial charge is 0.296 e. The fraction of sp³-hybridized carbons (Fsp3) is 0.318. The van der Waals surface area contributed by atoms with Crippen molar-refractivity contribution in [1.29, 1.82) is 5.26 Å². The van der Waals surface area contributed by atoms with Crippen LogP contribution in [0.3, 0.4) is 0 Å². The van der Waals surface area contributed by atoms with E-state index in [9.17, 15) is 5.26 Å². The fourth-order valence-corrected chi connectivity index (χ4v) is 3.82. The second-order valence-corrected chi connectivity index (χ2v) is 7.17. The molecule has 0 bridgehead atoms. The zero-order chi connectivity index (χ0) is 19.3. The first-order valence-corrected chi connectivity index (χ1v) is 9.58. The Morgan fingerprint density at radius 1 is 1.07 bits per heavy atom. The molecule has 3 heterocycles. The number of nitrogens with zero attached hydrogens (tertiary/aromatic N) is 6. The van der Waals surface area contributed by atoms with Gasteiger partial charge in [-0.1, -0.05) is 30.3 Å². The number of hydrogen-bond donors (Lipinski definition) is 0. The van der Waals surface area contributed by atoms with Crippen LogP contribution in [0, 0.1) is 11.3 Å². The minimum absolute atomic E-state index is 0.173. The van der Waals surface area contributed by atoms with E-state index >= 15 is 0 Å². The second kappa shape index (κ2) is 8.34. The highest BCUT2D eigenvalue weighted by molar-refractivity contribution is 5.61. The standard InChI is InChI=1S/C22H24N6/c1-26-16-20(22(25-26)19-8-5-9-24-15-19)17-27-10-12-28(13-11-27)21(14-23)18-6-3-2-4-7-18/h2-9,15-16,21H,10-13,17H2,1H3/t21-/m0/s1. The highest BCUT2D eigenvalue weighted by Gasteiger charge is 2.25. The smallest absolute Gasteiger partial charge is 0.123 e. The van der Waals surface area contributed by atoms with E-state index in [0.717, 1.165) is 49.5 Å². The zero-order valence-corrected chi connectivity index (χ0v) is 16.1. The quantitative estimate of drug-likeness (QED) is 0.689. The third-order valence-corrected chi connectivity index (χ3v) is 5.24. The van der Waals surface area contributed by atoms with Gasteiger partial charge in [0.1, 0.15) is 6.04 Å². The van der Waals surface area contributed by atoms with Crippen LogP contribution >= 0.6 is 0 Å². The van der Waals surface area contributed by atoms with Crippen LogP contribution in [-0.4, -0.2) is 50.7 Å². The number of piperazine rings is 1. The summed E-state index contributed by atoms with van der Waals surface area (Å²) in [6.45, 7) is 4.50. The fourth-order valence-electron chi connectivity index (χ4n) is 3.82. The molecule has 0 unspecified atom stereocenters. The molecule has 0 N–H and O–H groups in total. The number of rotatable bonds is 5. The zero-order valence-electron chi connectivity index (χ0n) is 16.1. The molecule has 0 radical (unpaired) electrons. The van der Waals surface area contributed by atoms with Crippen LogP contribution in [0.5, 0.6) is 0 Å². The van der Waals surface area contributed by atoms with E-state index in [4.69, 9.17) is 0 Å². The molecule has 142 valence electrons. The van der Waals surface area contributed by atoms with Crippen molar-refractivity contribution in [3.63, 3.8) is 0 Å². The van der Waals surface area contributed by atoms with Crippen molar-refractivity contribution in [2.45, 2.75) is 12.6 Å². The molecule has 6 nitrogen and oxygen atoms in total. The summed E-state index contributed by atoms with van der Waals surface area (Å²) in [6.07, 6.45) is 5.74. The molecular formula is C22H24N6. The molecule has 1 saturated heterocycles. The molecular weight excluding hydrogens is 348 g/mol. The van der Waals surface area contributed by atoms with Crippen LogP contribution in [0.15, 0.2) is 61.1 Å². The molecule has 4 rings (SSSR count). The van der Waals surface area contributed by atoms with E-state index in [0.29, 0.717) is 0 Å². The SMILES string of the molecule is Cn1cc(CN2CCN([C@@H](C#N)c3ccccc3)CC2)c(-c2cccnc2)n1. The van der Waals surface area contributed by atoms with E-state index in [1.54, 1.807) is 6.20 Å². The lowest BCUT2D eigenvalue weighted by Gasteiger charge is -2.37. The highest BCUT2D eigenvalue weighted by atomic mass is 15.3. The Morgan fingerprint density at radius 3 is 2.54 bits per heavy atom. The molecule has 0 amide bonds. The number of benzene rings is 1. The molecule has 0 aliphatic carbocycles. The van der Waals surface area contributed by atoms with Crippen LogP contribution in [0.25, 0.3) is 11.3 Å². The lowest BCUT2D eigenvalue weighted by atomic mass is 10.1. The van der Waals surface area contributed by atoms with Gasteiger partial charge in [0.25, 0.3) is 0 Å². The molecule has 1 atom stereocenters. The van der Waals surface area contributed by atoms with Gasteiger partial charge in [-0.2, -0.15) is 10.4 Å². The summed E-state index contributed by atoms with van der Waals surface area (Å²) >= 11 is 0. The first-order valence-electron chi connectivity index (χ1n) is 9.58. The van der Waals surface area contributed by atoms with Crippen LogP contribution in [0.2, 0.25) is 0 Å². The summed E-state index contributed by atoms with van der Waals surface area (Å²) in [5, 5.41) is 14.3. The summed E-state index contributed by atoms with van der Waals surface area (Å²) < 4.78 is 1.87. The van der Waals surface area contributed by atoms with Crippen molar-refractivity contribution >= 4 is 0 Å². The van der Waals surface area contributed by atoms with E-state index < -0.39 is 0 Å². The summed E-state index contributed by atoms with van der Waals surface area (Å²) in [6, 6.07) is 16.4. The number of hydrogen-bond acceptors (Lipinski definition) is 5. The molecule has 6 heteroatoms. The van der Waals surface area contributed by atoms with Gasteiger partial charge in [0.2, 0.25) is 0 Å². The molecule has 0 saturated carbocycles. The Bertz CT molecular complexity index is 936. The van der Waals surface area contributed by atoms with E-state index in [1.165, 1.54) is 5.56 Å². The molecule has 28 heavy (non-hydrogen) atoms. The molecule has 1 aromatic carbocycles. The van der Waals surface area contributed by atoms with Gasteiger partial charge in [-0.05, 0) is 17.7 Å². The van der Waals surface area contributed by atoms with Crippen molar-refractivity contribution in [2.24, 2.45) is 7.05 Å². The van der Waals surface area contributed by atoms with Gasteiger partial charge in [0.15, 0.2) is 0 Å². The maximum absolute atomic E-state index is 9.68. The summed E-state index contributed by atoms with van der Waals surface area (Å²) in [5.74, 6) is 0. The van der Waals surface area contributed by atoms with Crippen LogP contribution in [0.1, 0.15) is 17.2 Å². The van der Waals surface area contributed by atoms with Crippen molar-refractivity contribution < 1.29 is 0 Å². The molecule has 1 aliphatic heterocycles. The molecule has 1 fully saturated rings. The number of nitriles is 1. The van der Waals surface area contributed by atoms with Gasteiger partial charge in [-0.15, -0.1) is 0 Å². The van der Waals surface area contributed by atoms with E-state index in [2.05, 4.69) is 32.1 Å². The Hall–Kier alpha value is -3.01. The topological polar surface area (TPSA) is 61.0 Å². The summed E-state index contributed by atoms with van der Waals surface area (Å²) in [5.41, 5.74) is 4.33. The lowest BCUT2D eigenvalue weighted by Crippen LogP contribution is -2.46. The maximum atomic E-state index is 9.68. The third-order valence-electron chi connectivity index (χ3n) is 5.24. The minimum atomic E-state index is -0.173. The molecule has 1 aliphatic rings. The monoisotopic (exact) mass is 372 g/mol. The highest BCUT2D eigenvalue weighted by Crippen LogP contribution is 2.25. The minimum Gasteiger partial charge on any atom is -0.296 e. The number of aryl methyl sites for hydroxylation is 1. The lowest BCUT2D eigenvalue weighted by molar-refractivity contribution is 0.109. The van der Waals surface area contributed by atoms with Gasteiger partial charge in [-0.25, -0.2) is 0 Å². The van der Waals surface area contributed by atoms with E-state index in [-0.39, 0.29) is 6.04 Å². The Kier molecular flexibility index (Phi) is 5.47. The Balaban J connectivity index is 1.42.